The Kier molecular flexibility index (Phi) is 5.08. The van der Waals surface area contributed by atoms with E-state index in [2.05, 4.69) is 28.1 Å². The largest absolute Gasteiger partial charge is 0.493 e. The van der Waals surface area contributed by atoms with E-state index < -0.39 is 0 Å². The molecule has 1 amide bonds. The zero-order chi connectivity index (χ0) is 21.7. The van der Waals surface area contributed by atoms with E-state index in [9.17, 15) is 4.79 Å². The molecule has 0 N–H and O–H groups in total. The summed E-state index contributed by atoms with van der Waals surface area (Å²) in [6.07, 6.45) is 4.77. The Morgan fingerprint density at radius 2 is 1.97 bits per heavy atom. The Labute approximate surface area is 189 Å². The molecule has 0 saturated carbocycles. The van der Waals surface area contributed by atoms with Gasteiger partial charge in [-0.2, -0.15) is 0 Å². The van der Waals surface area contributed by atoms with Crippen LogP contribution in [0.3, 0.4) is 0 Å². The van der Waals surface area contributed by atoms with Crippen LogP contribution in [0.5, 0.6) is 23.0 Å². The van der Waals surface area contributed by atoms with Crippen LogP contribution in [0.2, 0.25) is 0 Å². The summed E-state index contributed by atoms with van der Waals surface area (Å²) in [4.78, 5) is 15.3. The van der Waals surface area contributed by atoms with Gasteiger partial charge in [-0.1, -0.05) is 22.0 Å². The van der Waals surface area contributed by atoms with E-state index in [4.69, 9.17) is 18.9 Å². The number of hydrogen-bond donors (Lipinski definition) is 0. The molecule has 1 unspecified atom stereocenters. The summed E-state index contributed by atoms with van der Waals surface area (Å²) >= 11 is 3.50. The van der Waals surface area contributed by atoms with Gasteiger partial charge in [-0.05, 0) is 54.2 Å². The summed E-state index contributed by atoms with van der Waals surface area (Å²) in [5.74, 6) is 2.73. The van der Waals surface area contributed by atoms with E-state index in [0.29, 0.717) is 17.1 Å². The van der Waals surface area contributed by atoms with E-state index in [0.717, 1.165) is 57.7 Å². The average Bonchev–Trinajstić information content (AvgIpc) is 3.38. The van der Waals surface area contributed by atoms with Gasteiger partial charge in [-0.25, -0.2) is 0 Å². The lowest BCUT2D eigenvalue weighted by molar-refractivity contribution is 0.0755. The first kappa shape index (κ1) is 20.2. The minimum absolute atomic E-state index is 0.0228. The summed E-state index contributed by atoms with van der Waals surface area (Å²) < 4.78 is 22.6. The molecule has 1 aliphatic carbocycles. The number of halogens is 1. The van der Waals surface area contributed by atoms with Crippen molar-refractivity contribution in [3.63, 3.8) is 0 Å². The summed E-state index contributed by atoms with van der Waals surface area (Å²) in [6.45, 7) is 0.237. The van der Waals surface area contributed by atoms with Gasteiger partial charge in [-0.3, -0.25) is 4.79 Å². The highest BCUT2D eigenvalue weighted by molar-refractivity contribution is 9.09. The molecule has 5 rings (SSSR count). The van der Waals surface area contributed by atoms with Crippen molar-refractivity contribution < 1.29 is 23.7 Å². The minimum atomic E-state index is -0.133. The first-order chi connectivity index (χ1) is 15.1. The molecule has 0 radical (unpaired) electrons. The highest BCUT2D eigenvalue weighted by atomic mass is 79.9. The molecule has 2 heterocycles. The summed E-state index contributed by atoms with van der Waals surface area (Å²) in [6, 6.07) is 5.76. The lowest BCUT2D eigenvalue weighted by Gasteiger charge is -2.32. The normalized spacial score (nSPS) is 18.8. The molecule has 0 aromatic heterocycles. The maximum atomic E-state index is 13.5. The first-order valence-electron chi connectivity index (χ1n) is 10.3. The minimum Gasteiger partial charge on any atom is -0.493 e. The smallest absolute Gasteiger partial charge is 0.255 e. The SMILES string of the molecule is COc1cc2c(c(=CCCCBr)c1OC)=C1Cc3cc4c(cc3C1N(C)C2=O)OCO4. The maximum Gasteiger partial charge on any atom is 0.255 e. The molecule has 0 saturated heterocycles. The van der Waals surface area contributed by atoms with Gasteiger partial charge in [-0.15, -0.1) is 0 Å². The predicted octanol–water partition coefficient (Wildman–Crippen LogP) is 2.92. The van der Waals surface area contributed by atoms with Crippen LogP contribution in [-0.2, 0) is 6.42 Å². The summed E-state index contributed by atoms with van der Waals surface area (Å²) in [5, 5.41) is 2.82. The van der Waals surface area contributed by atoms with Gasteiger partial charge in [0.05, 0.1) is 25.8 Å². The number of rotatable bonds is 5. The second kappa shape index (κ2) is 7.79. The van der Waals surface area contributed by atoms with Gasteiger partial charge >= 0.3 is 0 Å². The number of alkyl halides is 1. The topological polar surface area (TPSA) is 57.2 Å². The molecule has 3 aliphatic rings. The lowest BCUT2D eigenvalue weighted by atomic mass is 9.92. The van der Waals surface area contributed by atoms with Crippen LogP contribution in [0, 0.1) is 0 Å². The van der Waals surface area contributed by atoms with Crippen molar-refractivity contribution in [2.45, 2.75) is 25.3 Å². The second-order valence-electron chi connectivity index (χ2n) is 7.91. The fraction of sp³-hybridized carbons (Fsp3) is 0.375. The number of ether oxygens (including phenoxy) is 4. The molecule has 0 bridgehead atoms. The molecular formula is C24H24BrNO5. The Hall–Kier alpha value is -2.67. The predicted molar refractivity (Wildman–Crippen MR) is 121 cm³/mol. The third kappa shape index (κ3) is 3.01. The van der Waals surface area contributed by atoms with Crippen molar-refractivity contribution in [1.82, 2.24) is 4.90 Å². The number of nitrogens with zero attached hydrogens (tertiary/aromatic N) is 1. The van der Waals surface area contributed by atoms with Gasteiger partial charge in [0, 0.05) is 22.8 Å². The summed E-state index contributed by atoms with van der Waals surface area (Å²) in [7, 11) is 5.11. The molecular weight excluding hydrogens is 462 g/mol. The lowest BCUT2D eigenvalue weighted by Crippen LogP contribution is -2.46. The molecule has 0 spiro atoms. The number of carbonyl (C=O) groups excluding carboxylic acids is 1. The Bertz CT molecular complexity index is 1210. The fourth-order valence-electron chi connectivity index (χ4n) is 4.93. The number of unbranched alkanes of at least 4 members (excludes halogenated alkanes) is 1. The Morgan fingerprint density at radius 3 is 2.68 bits per heavy atom. The van der Waals surface area contributed by atoms with E-state index in [1.807, 2.05) is 24.1 Å². The number of methoxy groups -OCH3 is 2. The zero-order valence-corrected chi connectivity index (χ0v) is 19.4. The van der Waals surface area contributed by atoms with Crippen LogP contribution in [0.25, 0.3) is 11.6 Å². The van der Waals surface area contributed by atoms with Gasteiger partial charge < -0.3 is 23.8 Å². The first-order valence-corrected chi connectivity index (χ1v) is 11.4. The van der Waals surface area contributed by atoms with E-state index in [1.54, 1.807) is 14.2 Å². The van der Waals surface area contributed by atoms with Gasteiger partial charge in [0.15, 0.2) is 23.0 Å². The highest BCUT2D eigenvalue weighted by Gasteiger charge is 2.40. The summed E-state index contributed by atoms with van der Waals surface area (Å²) in [5.41, 5.74) is 4.12. The van der Waals surface area contributed by atoms with Gasteiger partial charge in [0.2, 0.25) is 6.79 Å². The van der Waals surface area contributed by atoms with Crippen LogP contribution >= 0.6 is 15.9 Å². The molecule has 1 atom stereocenters. The number of hydrogen-bond acceptors (Lipinski definition) is 5. The number of fused-ring (bicyclic) bond motifs is 5. The van der Waals surface area contributed by atoms with Gasteiger partial charge in [0.1, 0.15) is 0 Å². The number of amides is 1. The Morgan fingerprint density at radius 1 is 1.19 bits per heavy atom. The van der Waals surface area contributed by atoms with Crippen molar-refractivity contribution in [3.8, 4) is 23.0 Å². The average molecular weight is 486 g/mol. The van der Waals surface area contributed by atoms with E-state index in [-0.39, 0.29) is 18.7 Å². The monoisotopic (exact) mass is 485 g/mol. The maximum absolute atomic E-state index is 13.5. The molecule has 2 aliphatic heterocycles. The third-order valence-corrected chi connectivity index (χ3v) is 6.85. The second-order valence-corrected chi connectivity index (χ2v) is 8.70. The van der Waals surface area contributed by atoms with Crippen molar-refractivity contribution in [2.75, 3.05) is 33.4 Å². The molecule has 2 aromatic rings. The van der Waals surface area contributed by atoms with E-state index in [1.165, 1.54) is 5.57 Å². The quantitative estimate of drug-likeness (QED) is 0.481. The van der Waals surface area contributed by atoms with Crippen LogP contribution in [0.15, 0.2) is 18.2 Å². The van der Waals surface area contributed by atoms with Crippen LogP contribution < -0.4 is 29.4 Å². The fourth-order valence-corrected chi connectivity index (χ4v) is 5.25. The van der Waals surface area contributed by atoms with Crippen molar-refractivity contribution in [3.05, 3.63) is 45.3 Å². The van der Waals surface area contributed by atoms with Crippen LogP contribution in [0.1, 0.15) is 40.4 Å². The van der Waals surface area contributed by atoms with Crippen molar-refractivity contribution in [1.29, 1.82) is 0 Å². The van der Waals surface area contributed by atoms with Gasteiger partial charge in [0.25, 0.3) is 5.91 Å². The third-order valence-electron chi connectivity index (χ3n) is 6.29. The number of benzene rings is 2. The number of carbonyl (C=O) groups is 1. The van der Waals surface area contributed by atoms with E-state index >= 15 is 0 Å². The molecule has 2 aromatic carbocycles. The van der Waals surface area contributed by atoms with Crippen LogP contribution in [0.4, 0.5) is 0 Å². The highest BCUT2D eigenvalue weighted by Crippen LogP contribution is 2.47. The molecule has 6 nitrogen and oxygen atoms in total. The molecule has 162 valence electrons. The molecule has 7 heteroatoms. The van der Waals surface area contributed by atoms with Crippen molar-refractivity contribution in [2.24, 2.45) is 0 Å². The standard InChI is InChI=1S/C24H24BrNO5/c1-26-22-15-10-19-18(30-12-31-19)9-13(15)8-16(22)21-14(6-4-5-7-25)23(29-3)20(28-2)11-17(21)24(26)27/h6,9-11,22H,4-5,7-8,12H2,1-3H3. The molecule has 31 heavy (non-hydrogen) atoms. The zero-order valence-electron chi connectivity index (χ0n) is 17.8. The van der Waals surface area contributed by atoms with Crippen LogP contribution in [-0.4, -0.2) is 44.2 Å². The van der Waals surface area contributed by atoms with Crippen molar-refractivity contribution >= 4 is 33.5 Å². The molecule has 0 fully saturated rings. The Balaban J connectivity index is 1.83.